The zero-order valence-electron chi connectivity index (χ0n) is 19.5. The number of rotatable bonds is 7. The van der Waals surface area contributed by atoms with Crippen LogP contribution in [0.5, 0.6) is 0 Å². The molecule has 2 aliphatic heterocycles. The molecule has 0 aliphatic carbocycles. The fourth-order valence-corrected chi connectivity index (χ4v) is 4.74. The standard InChI is InChI=1S/C26H31Cl3N2O4/c27-26(28,29)25(33)30-15-18-4-10-21(11-5-18)24-34-22(16-31-12-2-1-3-13-31)14-23(35-24)20-8-6-19(17-32)7-9-20/h4-11,22-24,32H,1-3,12-17H2,(H,30,33). The maximum atomic E-state index is 11.8. The van der Waals surface area contributed by atoms with Gasteiger partial charge in [-0.25, -0.2) is 0 Å². The van der Waals surface area contributed by atoms with Crippen LogP contribution < -0.4 is 5.32 Å². The van der Waals surface area contributed by atoms with Gasteiger partial charge in [-0.15, -0.1) is 0 Å². The number of nitrogens with zero attached hydrogens (tertiary/aromatic N) is 1. The van der Waals surface area contributed by atoms with E-state index in [0.717, 1.165) is 48.3 Å². The lowest BCUT2D eigenvalue weighted by molar-refractivity contribution is -0.253. The molecule has 4 rings (SSSR count). The third-order valence-electron chi connectivity index (χ3n) is 6.49. The number of hydrogen-bond acceptors (Lipinski definition) is 5. The summed E-state index contributed by atoms with van der Waals surface area (Å²) in [5, 5.41) is 12.0. The van der Waals surface area contributed by atoms with Gasteiger partial charge < -0.3 is 24.8 Å². The van der Waals surface area contributed by atoms with Crippen LogP contribution in [0.3, 0.4) is 0 Å². The van der Waals surface area contributed by atoms with Gasteiger partial charge in [0.25, 0.3) is 9.70 Å². The number of piperidine rings is 1. The molecule has 2 heterocycles. The van der Waals surface area contributed by atoms with Gasteiger partial charge in [-0.05, 0) is 42.6 Å². The van der Waals surface area contributed by atoms with Crippen molar-refractivity contribution < 1.29 is 19.4 Å². The summed E-state index contributed by atoms with van der Waals surface area (Å²) in [6.45, 7) is 3.36. The van der Waals surface area contributed by atoms with E-state index in [0.29, 0.717) is 0 Å². The Labute approximate surface area is 221 Å². The molecule has 35 heavy (non-hydrogen) atoms. The minimum absolute atomic E-state index is 0.0175. The van der Waals surface area contributed by atoms with Crippen LogP contribution >= 0.6 is 34.8 Å². The first-order valence-electron chi connectivity index (χ1n) is 12.0. The number of nitrogens with one attached hydrogen (secondary N) is 1. The molecule has 2 aliphatic rings. The third-order valence-corrected chi connectivity index (χ3v) is 7.00. The van der Waals surface area contributed by atoms with Gasteiger partial charge in [0.15, 0.2) is 6.29 Å². The Kier molecular flexibility index (Phi) is 9.33. The van der Waals surface area contributed by atoms with E-state index in [1.54, 1.807) is 0 Å². The maximum Gasteiger partial charge on any atom is 0.272 e. The van der Waals surface area contributed by atoms with Crippen molar-refractivity contribution in [3.8, 4) is 0 Å². The molecule has 0 aromatic heterocycles. The summed E-state index contributed by atoms with van der Waals surface area (Å²) < 4.78 is 10.8. The maximum absolute atomic E-state index is 11.8. The summed E-state index contributed by atoms with van der Waals surface area (Å²) in [6, 6.07) is 15.6. The van der Waals surface area contributed by atoms with Crippen LogP contribution in [0.25, 0.3) is 0 Å². The second kappa shape index (κ2) is 12.2. The molecule has 2 aromatic rings. The van der Waals surface area contributed by atoms with Crippen LogP contribution in [0.1, 0.15) is 60.3 Å². The van der Waals surface area contributed by atoms with E-state index in [2.05, 4.69) is 10.2 Å². The highest BCUT2D eigenvalue weighted by atomic mass is 35.6. The normalized spacial score (nSPS) is 23.7. The number of likely N-dealkylation sites (tertiary alicyclic amines) is 1. The summed E-state index contributed by atoms with van der Waals surface area (Å²) >= 11 is 16.8. The Morgan fingerprint density at radius 2 is 1.57 bits per heavy atom. The van der Waals surface area contributed by atoms with Crippen LogP contribution in [0.4, 0.5) is 0 Å². The van der Waals surface area contributed by atoms with Crippen molar-refractivity contribution >= 4 is 40.7 Å². The predicted octanol–water partition coefficient (Wildman–Crippen LogP) is 5.20. The Balaban J connectivity index is 1.46. The molecule has 6 nitrogen and oxygen atoms in total. The Bertz CT molecular complexity index is 960. The molecule has 9 heteroatoms. The number of ether oxygens (including phenoxy) is 2. The van der Waals surface area contributed by atoms with Gasteiger partial charge in [0.05, 0.1) is 18.8 Å². The molecule has 2 N–H and O–H groups in total. The minimum Gasteiger partial charge on any atom is -0.392 e. The summed E-state index contributed by atoms with van der Waals surface area (Å²) in [7, 11) is 0. The molecule has 2 saturated heterocycles. The van der Waals surface area contributed by atoms with Crippen molar-refractivity contribution in [3.05, 3.63) is 70.8 Å². The van der Waals surface area contributed by atoms with Gasteiger partial charge in [-0.2, -0.15) is 0 Å². The number of carbonyl (C=O) groups is 1. The molecule has 1 amide bonds. The van der Waals surface area contributed by atoms with Gasteiger partial charge in [0.1, 0.15) is 0 Å². The van der Waals surface area contributed by atoms with Crippen molar-refractivity contribution in [2.45, 2.75) is 61.1 Å². The Morgan fingerprint density at radius 1 is 0.943 bits per heavy atom. The van der Waals surface area contributed by atoms with Gasteiger partial charge in [0, 0.05) is 25.1 Å². The van der Waals surface area contributed by atoms with Crippen molar-refractivity contribution in [2.75, 3.05) is 19.6 Å². The van der Waals surface area contributed by atoms with Crippen LogP contribution in [0.15, 0.2) is 48.5 Å². The highest BCUT2D eigenvalue weighted by molar-refractivity contribution is 6.76. The van der Waals surface area contributed by atoms with Gasteiger partial charge in [-0.1, -0.05) is 89.8 Å². The van der Waals surface area contributed by atoms with E-state index in [1.807, 2.05) is 48.5 Å². The molecule has 2 fully saturated rings. The molecule has 0 bridgehead atoms. The molecule has 0 saturated carbocycles. The summed E-state index contributed by atoms with van der Waals surface area (Å²) in [4.78, 5) is 14.3. The van der Waals surface area contributed by atoms with E-state index >= 15 is 0 Å². The van der Waals surface area contributed by atoms with Crippen molar-refractivity contribution in [3.63, 3.8) is 0 Å². The summed E-state index contributed by atoms with van der Waals surface area (Å²) in [5.74, 6) is -0.666. The van der Waals surface area contributed by atoms with Crippen molar-refractivity contribution in [1.82, 2.24) is 10.2 Å². The average molecular weight is 542 g/mol. The quantitative estimate of drug-likeness (QED) is 0.472. The highest BCUT2D eigenvalue weighted by Crippen LogP contribution is 2.38. The molecule has 0 spiro atoms. The van der Waals surface area contributed by atoms with Crippen molar-refractivity contribution in [2.24, 2.45) is 0 Å². The fourth-order valence-electron chi connectivity index (χ4n) is 4.54. The number of benzene rings is 2. The monoisotopic (exact) mass is 540 g/mol. The first-order valence-corrected chi connectivity index (χ1v) is 13.1. The van der Waals surface area contributed by atoms with Crippen LogP contribution in [0.2, 0.25) is 0 Å². The second-order valence-electron chi connectivity index (χ2n) is 9.13. The number of aliphatic hydroxyl groups is 1. The SMILES string of the molecule is O=C(NCc1ccc(C2OC(CN3CCCCC3)CC(c3ccc(CO)cc3)O2)cc1)C(Cl)(Cl)Cl. The number of halogens is 3. The minimum atomic E-state index is -1.99. The van der Waals surface area contributed by atoms with Gasteiger partial charge >= 0.3 is 0 Å². The molecule has 3 atom stereocenters. The fraction of sp³-hybridized carbons (Fsp3) is 0.500. The summed E-state index contributed by atoms with van der Waals surface area (Å²) in [6.07, 6.45) is 3.95. The molecule has 2 aromatic carbocycles. The zero-order chi connectivity index (χ0) is 24.8. The van der Waals surface area contributed by atoms with E-state index in [9.17, 15) is 9.90 Å². The van der Waals surface area contributed by atoms with E-state index in [-0.39, 0.29) is 25.4 Å². The first-order chi connectivity index (χ1) is 16.8. The lowest BCUT2D eigenvalue weighted by Crippen LogP contribution is -2.41. The van der Waals surface area contributed by atoms with Crippen LogP contribution in [-0.2, 0) is 27.4 Å². The first kappa shape index (κ1) is 26.7. The van der Waals surface area contributed by atoms with Crippen LogP contribution in [0, 0.1) is 0 Å². The number of hydrogen-bond donors (Lipinski definition) is 2. The lowest BCUT2D eigenvalue weighted by Gasteiger charge is -2.39. The van der Waals surface area contributed by atoms with E-state index in [4.69, 9.17) is 44.3 Å². The van der Waals surface area contributed by atoms with E-state index in [1.165, 1.54) is 19.3 Å². The number of amides is 1. The molecule has 3 unspecified atom stereocenters. The Hall–Kier alpha value is -1.38. The molecule has 190 valence electrons. The number of carbonyl (C=O) groups excluding carboxylic acids is 1. The Morgan fingerprint density at radius 3 is 2.20 bits per heavy atom. The van der Waals surface area contributed by atoms with E-state index < -0.39 is 16.0 Å². The van der Waals surface area contributed by atoms with Gasteiger partial charge in [0.2, 0.25) is 0 Å². The predicted molar refractivity (Wildman–Crippen MR) is 137 cm³/mol. The van der Waals surface area contributed by atoms with Crippen molar-refractivity contribution in [1.29, 1.82) is 0 Å². The second-order valence-corrected chi connectivity index (χ2v) is 11.4. The summed E-state index contributed by atoms with van der Waals surface area (Å²) in [5.41, 5.74) is 3.72. The highest BCUT2D eigenvalue weighted by Gasteiger charge is 2.33. The van der Waals surface area contributed by atoms with Gasteiger partial charge in [-0.3, -0.25) is 4.79 Å². The molecular formula is C26H31Cl3N2O4. The molecular weight excluding hydrogens is 511 g/mol. The lowest BCUT2D eigenvalue weighted by atomic mass is 9.99. The molecule has 0 radical (unpaired) electrons. The smallest absolute Gasteiger partial charge is 0.272 e. The number of alkyl halides is 3. The zero-order valence-corrected chi connectivity index (χ0v) is 21.7. The van der Waals surface area contributed by atoms with Crippen LogP contribution in [-0.4, -0.2) is 45.4 Å². The largest absolute Gasteiger partial charge is 0.392 e. The topological polar surface area (TPSA) is 71.0 Å². The average Bonchev–Trinajstić information content (AvgIpc) is 2.87. The third kappa shape index (κ3) is 7.56. The number of aliphatic hydroxyl groups excluding tert-OH is 1.